The van der Waals surface area contributed by atoms with E-state index in [9.17, 15) is 0 Å². The van der Waals surface area contributed by atoms with E-state index in [2.05, 4.69) is 25.5 Å². The number of hydrogen-bond acceptors (Lipinski definition) is 3. The number of aromatic amines is 1. The lowest BCUT2D eigenvalue weighted by Gasteiger charge is -2.32. The van der Waals surface area contributed by atoms with Crippen LogP contribution in [0.2, 0.25) is 0 Å². The molecule has 2 aromatic rings. The SMILES string of the molecule is S=c1[nH]c2cccnc2n1C1CCN2CCCCC12. The molecule has 2 unspecified atom stereocenters. The Morgan fingerprint density at radius 1 is 1.21 bits per heavy atom. The van der Waals surface area contributed by atoms with Crippen LogP contribution < -0.4 is 0 Å². The van der Waals surface area contributed by atoms with E-state index in [1.807, 2.05) is 12.3 Å². The molecule has 0 radical (unpaired) electrons. The van der Waals surface area contributed by atoms with Gasteiger partial charge in [-0.05, 0) is 50.2 Å². The van der Waals surface area contributed by atoms with Crippen LogP contribution in [0, 0.1) is 4.77 Å². The highest BCUT2D eigenvalue weighted by atomic mass is 32.1. The van der Waals surface area contributed by atoms with E-state index in [0.29, 0.717) is 12.1 Å². The van der Waals surface area contributed by atoms with Gasteiger partial charge in [-0.15, -0.1) is 0 Å². The van der Waals surface area contributed by atoms with Gasteiger partial charge in [-0.1, -0.05) is 6.42 Å². The number of nitrogens with zero attached hydrogens (tertiary/aromatic N) is 3. The molecule has 4 heterocycles. The fourth-order valence-electron chi connectivity index (χ4n) is 3.79. The highest BCUT2D eigenvalue weighted by Crippen LogP contribution is 2.36. The number of rotatable bonds is 1. The van der Waals surface area contributed by atoms with Gasteiger partial charge in [-0.3, -0.25) is 9.47 Å². The Balaban J connectivity index is 1.82. The third-order valence-electron chi connectivity index (χ3n) is 4.63. The zero-order valence-corrected chi connectivity index (χ0v) is 11.7. The smallest absolute Gasteiger partial charge is 0.179 e. The van der Waals surface area contributed by atoms with Gasteiger partial charge in [-0.2, -0.15) is 0 Å². The normalized spacial score (nSPS) is 27.8. The number of H-pyrrole nitrogens is 1. The van der Waals surface area contributed by atoms with Gasteiger partial charge in [0.15, 0.2) is 10.4 Å². The molecule has 5 heteroatoms. The van der Waals surface area contributed by atoms with Crippen molar-refractivity contribution >= 4 is 23.4 Å². The van der Waals surface area contributed by atoms with Crippen LogP contribution in [-0.2, 0) is 0 Å². The van der Waals surface area contributed by atoms with Gasteiger partial charge in [0.05, 0.1) is 11.6 Å². The average Bonchev–Trinajstić information content (AvgIpc) is 2.98. The van der Waals surface area contributed by atoms with Crippen molar-refractivity contribution in [3.8, 4) is 0 Å². The minimum atomic E-state index is 0.497. The van der Waals surface area contributed by atoms with E-state index in [0.717, 1.165) is 15.9 Å². The summed E-state index contributed by atoms with van der Waals surface area (Å²) in [4.78, 5) is 10.5. The first kappa shape index (κ1) is 11.6. The number of fused-ring (bicyclic) bond motifs is 2. The standard InChI is InChI=1S/C14H18N4S/c19-14-16-10-4-3-7-15-13(10)18(14)12-6-9-17-8-2-1-5-11(12)17/h3-4,7,11-12H,1-2,5-6,8-9H2,(H,16,19). The lowest BCUT2D eigenvalue weighted by Crippen LogP contribution is -2.37. The summed E-state index contributed by atoms with van der Waals surface area (Å²) in [6.45, 7) is 2.46. The molecule has 2 aliphatic heterocycles. The minimum Gasteiger partial charge on any atom is -0.329 e. The summed E-state index contributed by atoms with van der Waals surface area (Å²) in [6, 6.07) is 5.17. The molecule has 2 fully saturated rings. The fourth-order valence-corrected chi connectivity index (χ4v) is 4.12. The van der Waals surface area contributed by atoms with Gasteiger partial charge in [0.25, 0.3) is 0 Å². The van der Waals surface area contributed by atoms with Crippen molar-refractivity contribution in [3.05, 3.63) is 23.1 Å². The van der Waals surface area contributed by atoms with Crippen LogP contribution in [0.1, 0.15) is 31.7 Å². The average molecular weight is 274 g/mol. The first-order valence-corrected chi connectivity index (χ1v) is 7.55. The molecule has 0 amide bonds. The molecule has 2 aliphatic rings. The maximum Gasteiger partial charge on any atom is 0.179 e. The predicted octanol–water partition coefficient (Wildman–Crippen LogP) is 2.89. The van der Waals surface area contributed by atoms with E-state index in [-0.39, 0.29) is 0 Å². The second-order valence-electron chi connectivity index (χ2n) is 5.63. The van der Waals surface area contributed by atoms with Gasteiger partial charge in [-0.25, -0.2) is 4.98 Å². The minimum absolute atomic E-state index is 0.497. The van der Waals surface area contributed by atoms with Crippen LogP contribution in [0.15, 0.2) is 18.3 Å². The van der Waals surface area contributed by atoms with Crippen molar-refractivity contribution in [2.24, 2.45) is 0 Å². The first-order chi connectivity index (χ1) is 9.34. The quantitative estimate of drug-likeness (QED) is 0.812. The number of nitrogens with one attached hydrogen (secondary N) is 1. The van der Waals surface area contributed by atoms with Crippen LogP contribution in [-0.4, -0.2) is 38.6 Å². The monoisotopic (exact) mass is 274 g/mol. The van der Waals surface area contributed by atoms with E-state index in [1.54, 1.807) is 0 Å². The van der Waals surface area contributed by atoms with Gasteiger partial charge in [0.1, 0.15) is 0 Å². The summed E-state index contributed by atoms with van der Waals surface area (Å²) in [5.41, 5.74) is 2.08. The summed E-state index contributed by atoms with van der Waals surface area (Å²) in [5, 5.41) is 0. The van der Waals surface area contributed by atoms with Gasteiger partial charge in [0.2, 0.25) is 0 Å². The molecule has 2 atom stereocenters. The zero-order chi connectivity index (χ0) is 12.8. The summed E-state index contributed by atoms with van der Waals surface area (Å²) in [5.74, 6) is 0. The second kappa shape index (κ2) is 4.42. The van der Waals surface area contributed by atoms with E-state index in [1.165, 1.54) is 38.8 Å². The summed E-state index contributed by atoms with van der Waals surface area (Å²) < 4.78 is 3.09. The fraction of sp³-hybridized carbons (Fsp3) is 0.571. The molecule has 4 rings (SSSR count). The Kier molecular flexibility index (Phi) is 2.70. The molecule has 100 valence electrons. The van der Waals surface area contributed by atoms with Crippen molar-refractivity contribution in [1.29, 1.82) is 0 Å². The van der Waals surface area contributed by atoms with Gasteiger partial charge < -0.3 is 4.98 Å². The lowest BCUT2D eigenvalue weighted by atomic mass is 9.99. The molecule has 0 aromatic carbocycles. The van der Waals surface area contributed by atoms with Crippen LogP contribution in [0.25, 0.3) is 11.2 Å². The Morgan fingerprint density at radius 3 is 3.11 bits per heavy atom. The third-order valence-corrected chi connectivity index (χ3v) is 4.93. The van der Waals surface area contributed by atoms with E-state index in [4.69, 9.17) is 12.2 Å². The molecule has 19 heavy (non-hydrogen) atoms. The maximum atomic E-state index is 5.53. The van der Waals surface area contributed by atoms with Crippen molar-refractivity contribution in [1.82, 2.24) is 19.4 Å². The van der Waals surface area contributed by atoms with Crippen LogP contribution >= 0.6 is 12.2 Å². The Labute approximate surface area is 117 Å². The highest BCUT2D eigenvalue weighted by Gasteiger charge is 2.37. The molecule has 2 saturated heterocycles. The highest BCUT2D eigenvalue weighted by molar-refractivity contribution is 7.71. The summed E-state index contributed by atoms with van der Waals surface area (Å²) >= 11 is 5.53. The zero-order valence-electron chi connectivity index (χ0n) is 10.9. The number of piperidine rings is 1. The molecule has 0 spiro atoms. The molecule has 0 bridgehead atoms. The summed E-state index contributed by atoms with van der Waals surface area (Å²) in [6.07, 6.45) is 7.05. The van der Waals surface area contributed by atoms with Crippen molar-refractivity contribution in [2.75, 3.05) is 13.1 Å². The van der Waals surface area contributed by atoms with Crippen LogP contribution in [0.3, 0.4) is 0 Å². The first-order valence-electron chi connectivity index (χ1n) is 7.14. The number of aromatic nitrogens is 3. The molecule has 1 N–H and O–H groups in total. The maximum absolute atomic E-state index is 5.53. The number of imidazole rings is 1. The number of pyridine rings is 1. The van der Waals surface area contributed by atoms with Gasteiger partial charge in [0, 0.05) is 18.8 Å². The molecule has 2 aromatic heterocycles. The lowest BCUT2D eigenvalue weighted by molar-refractivity contribution is 0.174. The van der Waals surface area contributed by atoms with Crippen molar-refractivity contribution < 1.29 is 0 Å². The predicted molar refractivity (Wildman–Crippen MR) is 77.8 cm³/mol. The molecule has 4 nitrogen and oxygen atoms in total. The Hall–Kier alpha value is -1.20. The van der Waals surface area contributed by atoms with E-state index >= 15 is 0 Å². The largest absolute Gasteiger partial charge is 0.329 e. The van der Waals surface area contributed by atoms with E-state index < -0.39 is 0 Å². The summed E-state index contributed by atoms with van der Waals surface area (Å²) in [7, 11) is 0. The second-order valence-corrected chi connectivity index (χ2v) is 6.02. The van der Waals surface area contributed by atoms with Crippen LogP contribution in [0.4, 0.5) is 0 Å². The van der Waals surface area contributed by atoms with Crippen molar-refractivity contribution in [3.63, 3.8) is 0 Å². The topological polar surface area (TPSA) is 36.9 Å². The Bertz CT molecular complexity index is 659. The molecular weight excluding hydrogens is 256 g/mol. The molecule has 0 aliphatic carbocycles. The Morgan fingerprint density at radius 2 is 2.16 bits per heavy atom. The third kappa shape index (κ3) is 1.75. The molecular formula is C14H18N4S. The van der Waals surface area contributed by atoms with Gasteiger partial charge >= 0.3 is 0 Å². The molecule has 0 saturated carbocycles. The van der Waals surface area contributed by atoms with Crippen molar-refractivity contribution in [2.45, 2.75) is 37.8 Å². The van der Waals surface area contributed by atoms with Crippen LogP contribution in [0.5, 0.6) is 0 Å². The number of hydrogen-bond donors (Lipinski definition) is 1.